The number of aryl methyl sites for hydroxylation is 2. The molecule has 4 rings (SSSR count). The van der Waals surface area contributed by atoms with Gasteiger partial charge < -0.3 is 9.73 Å². The van der Waals surface area contributed by atoms with Gasteiger partial charge in [-0.2, -0.15) is 5.10 Å². The van der Waals surface area contributed by atoms with E-state index in [1.165, 1.54) is 6.07 Å². The lowest BCUT2D eigenvalue weighted by atomic mass is 10.1. The highest BCUT2D eigenvalue weighted by Crippen LogP contribution is 2.24. The molecule has 0 bridgehead atoms. The van der Waals surface area contributed by atoms with Gasteiger partial charge in [0, 0.05) is 23.0 Å². The first-order valence-electron chi connectivity index (χ1n) is 9.21. The lowest BCUT2D eigenvalue weighted by molar-refractivity contribution is 0.102. The number of carbonyl (C=O) groups is 1. The van der Waals surface area contributed by atoms with Crippen LogP contribution in [0.3, 0.4) is 0 Å². The highest BCUT2D eigenvalue weighted by atomic mass is 19.2. The van der Waals surface area contributed by atoms with Crippen LogP contribution in [0.1, 0.15) is 27.4 Å². The van der Waals surface area contributed by atoms with Crippen molar-refractivity contribution in [1.82, 2.24) is 14.8 Å². The first kappa shape index (κ1) is 19.5. The molecule has 0 saturated carbocycles. The molecule has 2 aromatic heterocycles. The van der Waals surface area contributed by atoms with Gasteiger partial charge in [0.1, 0.15) is 11.5 Å². The van der Waals surface area contributed by atoms with Crippen molar-refractivity contribution in [3.63, 3.8) is 0 Å². The summed E-state index contributed by atoms with van der Waals surface area (Å²) >= 11 is 0. The van der Waals surface area contributed by atoms with Crippen molar-refractivity contribution in [2.45, 2.75) is 20.4 Å². The van der Waals surface area contributed by atoms with E-state index in [1.807, 2.05) is 20.0 Å². The monoisotopic (exact) mass is 408 g/mol. The third-order valence-electron chi connectivity index (χ3n) is 4.54. The zero-order valence-electron chi connectivity index (χ0n) is 16.3. The Labute approximate surface area is 171 Å². The minimum atomic E-state index is -1.07. The fourth-order valence-electron chi connectivity index (χ4n) is 2.94. The van der Waals surface area contributed by atoms with Gasteiger partial charge in [0.05, 0.1) is 12.7 Å². The predicted molar refractivity (Wildman–Crippen MR) is 107 cm³/mol. The van der Waals surface area contributed by atoms with Gasteiger partial charge in [0.25, 0.3) is 5.91 Å². The number of amides is 1. The van der Waals surface area contributed by atoms with Crippen LogP contribution in [-0.2, 0) is 6.54 Å². The molecule has 2 heterocycles. The summed E-state index contributed by atoms with van der Waals surface area (Å²) in [5.41, 5.74) is 3.12. The first-order valence-corrected chi connectivity index (χ1v) is 9.21. The summed E-state index contributed by atoms with van der Waals surface area (Å²) in [5, 5.41) is 6.90. The zero-order valence-corrected chi connectivity index (χ0v) is 16.3. The summed E-state index contributed by atoms with van der Waals surface area (Å²) in [6.45, 7) is 4.32. The number of nitrogens with one attached hydrogen (secondary N) is 1. The molecule has 0 atom stereocenters. The lowest BCUT2D eigenvalue weighted by Gasteiger charge is -2.06. The summed E-state index contributed by atoms with van der Waals surface area (Å²) in [7, 11) is 0. The molecule has 0 fully saturated rings. The highest BCUT2D eigenvalue weighted by Gasteiger charge is 2.14. The molecule has 8 heteroatoms. The Morgan fingerprint density at radius 3 is 2.53 bits per heavy atom. The van der Waals surface area contributed by atoms with Crippen LogP contribution in [0.15, 0.2) is 59.3 Å². The van der Waals surface area contributed by atoms with Crippen LogP contribution in [0.4, 0.5) is 14.5 Å². The smallest absolute Gasteiger partial charge is 0.255 e. The number of benzene rings is 2. The minimum absolute atomic E-state index is 0.0276. The summed E-state index contributed by atoms with van der Waals surface area (Å²) < 4.78 is 33.9. The van der Waals surface area contributed by atoms with Crippen LogP contribution in [0.2, 0.25) is 0 Å². The molecule has 30 heavy (non-hydrogen) atoms. The Bertz CT molecular complexity index is 1210. The summed E-state index contributed by atoms with van der Waals surface area (Å²) in [5.74, 6) is -1.44. The van der Waals surface area contributed by atoms with Gasteiger partial charge >= 0.3 is 0 Å². The fourth-order valence-corrected chi connectivity index (χ4v) is 2.94. The van der Waals surface area contributed by atoms with E-state index in [-0.39, 0.29) is 5.56 Å². The second-order valence-corrected chi connectivity index (χ2v) is 6.90. The summed E-state index contributed by atoms with van der Waals surface area (Å²) in [6, 6.07) is 9.88. The van der Waals surface area contributed by atoms with Gasteiger partial charge in [0.15, 0.2) is 11.6 Å². The average Bonchev–Trinajstić information content (AvgIpc) is 3.30. The van der Waals surface area contributed by atoms with E-state index in [9.17, 15) is 13.6 Å². The number of hydrogen-bond donors (Lipinski definition) is 1. The molecule has 0 spiro atoms. The molecule has 4 aromatic rings. The van der Waals surface area contributed by atoms with Crippen LogP contribution in [-0.4, -0.2) is 20.7 Å². The van der Waals surface area contributed by atoms with Crippen molar-refractivity contribution in [3.8, 4) is 11.5 Å². The molecular formula is C22H18F2N4O2. The number of anilines is 1. The molecule has 0 aliphatic carbocycles. The molecule has 152 valence electrons. The van der Waals surface area contributed by atoms with E-state index in [4.69, 9.17) is 4.42 Å². The number of oxazole rings is 1. The van der Waals surface area contributed by atoms with Crippen molar-refractivity contribution >= 4 is 11.6 Å². The van der Waals surface area contributed by atoms with E-state index < -0.39 is 17.5 Å². The van der Waals surface area contributed by atoms with Crippen molar-refractivity contribution < 1.29 is 18.0 Å². The van der Waals surface area contributed by atoms with Crippen molar-refractivity contribution in [2.24, 2.45) is 0 Å². The summed E-state index contributed by atoms with van der Waals surface area (Å²) in [4.78, 5) is 16.8. The van der Waals surface area contributed by atoms with E-state index in [0.717, 1.165) is 29.0 Å². The van der Waals surface area contributed by atoms with Gasteiger partial charge in [-0.25, -0.2) is 13.8 Å². The zero-order chi connectivity index (χ0) is 21.3. The molecule has 0 unspecified atom stereocenters. The molecule has 6 nitrogen and oxygen atoms in total. The van der Waals surface area contributed by atoms with Gasteiger partial charge in [-0.05, 0) is 61.9 Å². The fraction of sp³-hybridized carbons (Fsp3) is 0.136. The Morgan fingerprint density at radius 1 is 1.10 bits per heavy atom. The standard InChI is InChI=1S/C22H18F2N4O2/c1-13-10-25-28(11-13)12-20-14(2)30-22(27-20)15-3-6-17(7-4-15)26-21(29)16-5-8-18(23)19(24)9-16/h3-11H,12H2,1-2H3,(H,26,29). The third-order valence-corrected chi connectivity index (χ3v) is 4.54. The van der Waals surface area contributed by atoms with E-state index in [1.54, 1.807) is 35.1 Å². The quantitative estimate of drug-likeness (QED) is 0.518. The van der Waals surface area contributed by atoms with E-state index >= 15 is 0 Å². The number of nitrogens with zero attached hydrogens (tertiary/aromatic N) is 3. The van der Waals surface area contributed by atoms with Gasteiger partial charge in [-0.15, -0.1) is 0 Å². The minimum Gasteiger partial charge on any atom is -0.441 e. The number of halogens is 2. The molecular weight excluding hydrogens is 390 g/mol. The maximum Gasteiger partial charge on any atom is 0.255 e. The van der Waals surface area contributed by atoms with Crippen LogP contribution < -0.4 is 5.32 Å². The van der Waals surface area contributed by atoms with Gasteiger partial charge in [0.2, 0.25) is 5.89 Å². The Balaban J connectivity index is 1.47. The van der Waals surface area contributed by atoms with Crippen molar-refractivity contribution in [1.29, 1.82) is 0 Å². The normalized spacial score (nSPS) is 10.9. The molecule has 0 radical (unpaired) electrons. The number of carbonyl (C=O) groups excluding carboxylic acids is 1. The number of hydrogen-bond acceptors (Lipinski definition) is 4. The summed E-state index contributed by atoms with van der Waals surface area (Å²) in [6.07, 6.45) is 3.71. The highest BCUT2D eigenvalue weighted by molar-refractivity contribution is 6.04. The molecule has 0 saturated heterocycles. The second kappa shape index (κ2) is 7.90. The predicted octanol–water partition coefficient (Wildman–Crippen LogP) is 4.73. The Kier molecular flexibility index (Phi) is 5.14. The van der Waals surface area contributed by atoms with Gasteiger partial charge in [-0.1, -0.05) is 0 Å². The molecule has 1 amide bonds. The third kappa shape index (κ3) is 4.12. The van der Waals surface area contributed by atoms with Crippen molar-refractivity contribution in [2.75, 3.05) is 5.32 Å². The second-order valence-electron chi connectivity index (χ2n) is 6.90. The van der Waals surface area contributed by atoms with E-state index in [0.29, 0.717) is 23.9 Å². The van der Waals surface area contributed by atoms with Crippen LogP contribution in [0.5, 0.6) is 0 Å². The average molecular weight is 408 g/mol. The Morgan fingerprint density at radius 2 is 1.87 bits per heavy atom. The molecule has 1 N–H and O–H groups in total. The van der Waals surface area contributed by atoms with Crippen LogP contribution >= 0.6 is 0 Å². The van der Waals surface area contributed by atoms with Crippen molar-refractivity contribution in [3.05, 3.63) is 89.1 Å². The molecule has 0 aliphatic rings. The lowest BCUT2D eigenvalue weighted by Crippen LogP contribution is -2.12. The number of rotatable bonds is 5. The number of aromatic nitrogens is 3. The maximum atomic E-state index is 13.3. The molecule has 2 aromatic carbocycles. The van der Waals surface area contributed by atoms with Crippen LogP contribution in [0, 0.1) is 25.5 Å². The molecule has 0 aliphatic heterocycles. The van der Waals surface area contributed by atoms with Crippen LogP contribution in [0.25, 0.3) is 11.5 Å². The SMILES string of the molecule is Cc1cnn(Cc2nc(-c3ccc(NC(=O)c4ccc(F)c(F)c4)cc3)oc2C)c1. The maximum absolute atomic E-state index is 13.3. The topological polar surface area (TPSA) is 73.0 Å². The van der Waals surface area contributed by atoms with E-state index in [2.05, 4.69) is 15.4 Å². The largest absolute Gasteiger partial charge is 0.441 e. The van der Waals surface area contributed by atoms with Gasteiger partial charge in [-0.3, -0.25) is 9.48 Å². The first-order chi connectivity index (χ1) is 14.4. The Hall–Kier alpha value is -3.81.